The van der Waals surface area contributed by atoms with Crippen LogP contribution < -0.4 is 20.7 Å². The van der Waals surface area contributed by atoms with E-state index in [0.717, 1.165) is 23.5 Å². The quantitative estimate of drug-likeness (QED) is 0.591. The Morgan fingerprint density at radius 2 is 2.12 bits per heavy atom. The predicted molar refractivity (Wildman–Crippen MR) is 64.0 cm³/mol. The largest absolute Gasteiger partial charge is 0.486 e. The van der Waals surface area contributed by atoms with Crippen LogP contribution in [0, 0.1) is 0 Å². The van der Waals surface area contributed by atoms with Gasteiger partial charge in [-0.25, -0.2) is 0 Å². The fourth-order valence-electron chi connectivity index (χ4n) is 1.86. The molecule has 0 saturated carbocycles. The van der Waals surface area contributed by atoms with Gasteiger partial charge in [-0.1, -0.05) is 6.07 Å². The zero-order chi connectivity index (χ0) is 12.1. The Morgan fingerprint density at radius 1 is 1.35 bits per heavy atom. The van der Waals surface area contributed by atoms with Crippen molar-refractivity contribution in [3.63, 3.8) is 0 Å². The van der Waals surface area contributed by atoms with E-state index in [2.05, 4.69) is 5.43 Å². The summed E-state index contributed by atoms with van der Waals surface area (Å²) in [5.74, 6) is 7.12. The molecule has 1 heterocycles. The van der Waals surface area contributed by atoms with Gasteiger partial charge < -0.3 is 14.2 Å². The van der Waals surface area contributed by atoms with E-state index < -0.39 is 0 Å². The zero-order valence-corrected chi connectivity index (χ0v) is 9.94. The van der Waals surface area contributed by atoms with Crippen LogP contribution in [-0.4, -0.2) is 26.9 Å². The van der Waals surface area contributed by atoms with Crippen LogP contribution in [0.15, 0.2) is 18.2 Å². The first-order valence-electron chi connectivity index (χ1n) is 5.69. The van der Waals surface area contributed by atoms with Gasteiger partial charge in [0.25, 0.3) is 0 Å². The predicted octanol–water partition coefficient (Wildman–Crippen LogP) is 0.999. The Kier molecular flexibility index (Phi) is 4.19. The SMILES string of the molecule is COCCC(NN)c1ccc2c(c1)OCCO2. The van der Waals surface area contributed by atoms with E-state index in [4.69, 9.17) is 20.1 Å². The summed E-state index contributed by atoms with van der Waals surface area (Å²) in [6.07, 6.45) is 0.812. The molecule has 1 atom stereocenters. The van der Waals surface area contributed by atoms with Crippen LogP contribution in [-0.2, 0) is 4.74 Å². The molecule has 1 aliphatic heterocycles. The number of methoxy groups -OCH3 is 1. The van der Waals surface area contributed by atoms with Crippen molar-refractivity contribution >= 4 is 0 Å². The molecule has 5 nitrogen and oxygen atoms in total. The third kappa shape index (κ3) is 2.88. The van der Waals surface area contributed by atoms with Crippen molar-refractivity contribution in [3.05, 3.63) is 23.8 Å². The highest BCUT2D eigenvalue weighted by atomic mass is 16.6. The van der Waals surface area contributed by atoms with Crippen LogP contribution in [0.3, 0.4) is 0 Å². The molecule has 0 fully saturated rings. The Hall–Kier alpha value is -1.30. The topological polar surface area (TPSA) is 65.7 Å². The maximum absolute atomic E-state index is 5.54. The van der Waals surface area contributed by atoms with Gasteiger partial charge >= 0.3 is 0 Å². The summed E-state index contributed by atoms with van der Waals surface area (Å²) in [5, 5.41) is 0. The minimum absolute atomic E-state index is 0.0609. The number of nitrogens with one attached hydrogen (secondary N) is 1. The first kappa shape index (κ1) is 12.2. The molecule has 17 heavy (non-hydrogen) atoms. The first-order valence-corrected chi connectivity index (χ1v) is 5.69. The molecule has 1 unspecified atom stereocenters. The maximum Gasteiger partial charge on any atom is 0.161 e. The van der Waals surface area contributed by atoms with Gasteiger partial charge in [-0.15, -0.1) is 0 Å². The van der Waals surface area contributed by atoms with Crippen molar-refractivity contribution in [2.75, 3.05) is 26.9 Å². The number of rotatable bonds is 5. The Morgan fingerprint density at radius 3 is 2.82 bits per heavy atom. The molecule has 0 radical (unpaired) electrons. The lowest BCUT2D eigenvalue weighted by molar-refractivity contribution is 0.170. The highest BCUT2D eigenvalue weighted by Crippen LogP contribution is 2.33. The minimum atomic E-state index is 0.0609. The van der Waals surface area contributed by atoms with E-state index >= 15 is 0 Å². The standard InChI is InChI=1S/C12H18N2O3/c1-15-5-4-10(14-13)9-2-3-11-12(8-9)17-7-6-16-11/h2-3,8,10,14H,4-7,13H2,1H3. The van der Waals surface area contributed by atoms with Gasteiger partial charge in [0.1, 0.15) is 13.2 Å². The Labute approximate surface area is 101 Å². The summed E-state index contributed by atoms with van der Waals surface area (Å²) in [6, 6.07) is 5.94. The summed E-state index contributed by atoms with van der Waals surface area (Å²) in [4.78, 5) is 0. The third-order valence-corrected chi connectivity index (χ3v) is 2.78. The lowest BCUT2D eigenvalue weighted by Gasteiger charge is -2.21. The first-order chi connectivity index (χ1) is 8.35. The minimum Gasteiger partial charge on any atom is -0.486 e. The molecule has 0 amide bonds. The molecule has 1 aromatic rings. The number of fused-ring (bicyclic) bond motifs is 1. The maximum atomic E-state index is 5.54. The van der Waals surface area contributed by atoms with Crippen LogP contribution in [0.5, 0.6) is 11.5 Å². The number of nitrogens with two attached hydrogens (primary N) is 1. The molecule has 1 aromatic carbocycles. The molecular weight excluding hydrogens is 220 g/mol. The molecule has 0 aliphatic carbocycles. The van der Waals surface area contributed by atoms with Crippen LogP contribution in [0.4, 0.5) is 0 Å². The van der Waals surface area contributed by atoms with Crippen molar-refractivity contribution < 1.29 is 14.2 Å². The third-order valence-electron chi connectivity index (χ3n) is 2.78. The van der Waals surface area contributed by atoms with Crippen molar-refractivity contribution in [2.24, 2.45) is 5.84 Å². The summed E-state index contributed by atoms with van der Waals surface area (Å²) in [5.41, 5.74) is 3.86. The fourth-order valence-corrected chi connectivity index (χ4v) is 1.86. The van der Waals surface area contributed by atoms with Gasteiger partial charge in [0.15, 0.2) is 11.5 Å². The van der Waals surface area contributed by atoms with Crippen molar-refractivity contribution in [2.45, 2.75) is 12.5 Å². The molecule has 3 N–H and O–H groups in total. The van der Waals surface area contributed by atoms with Gasteiger partial charge in [-0.2, -0.15) is 0 Å². The molecule has 0 spiro atoms. The number of hydrogen-bond donors (Lipinski definition) is 2. The van der Waals surface area contributed by atoms with Crippen LogP contribution in [0.25, 0.3) is 0 Å². The zero-order valence-electron chi connectivity index (χ0n) is 9.94. The van der Waals surface area contributed by atoms with Crippen molar-refractivity contribution in [1.29, 1.82) is 0 Å². The van der Waals surface area contributed by atoms with Gasteiger partial charge in [-0.05, 0) is 24.1 Å². The van der Waals surface area contributed by atoms with E-state index in [1.54, 1.807) is 7.11 Å². The summed E-state index contributed by atoms with van der Waals surface area (Å²) in [6.45, 7) is 1.85. The number of hydrogen-bond acceptors (Lipinski definition) is 5. The average Bonchev–Trinajstić information content (AvgIpc) is 2.39. The average molecular weight is 238 g/mol. The van der Waals surface area contributed by atoms with E-state index in [0.29, 0.717) is 19.8 Å². The van der Waals surface area contributed by atoms with E-state index in [1.807, 2.05) is 18.2 Å². The number of ether oxygens (including phenoxy) is 3. The van der Waals surface area contributed by atoms with Crippen LogP contribution >= 0.6 is 0 Å². The molecular formula is C12H18N2O3. The Balaban J connectivity index is 2.13. The summed E-state index contributed by atoms with van der Waals surface area (Å²) >= 11 is 0. The van der Waals surface area contributed by atoms with Crippen LogP contribution in [0.1, 0.15) is 18.0 Å². The summed E-state index contributed by atoms with van der Waals surface area (Å²) in [7, 11) is 1.68. The van der Waals surface area contributed by atoms with Gasteiger partial charge in [0, 0.05) is 19.8 Å². The molecule has 94 valence electrons. The molecule has 0 bridgehead atoms. The highest BCUT2D eigenvalue weighted by molar-refractivity contribution is 5.44. The molecule has 0 aromatic heterocycles. The van der Waals surface area contributed by atoms with E-state index in [1.165, 1.54) is 0 Å². The smallest absolute Gasteiger partial charge is 0.161 e. The van der Waals surface area contributed by atoms with Gasteiger partial charge in [0.2, 0.25) is 0 Å². The summed E-state index contributed by atoms with van der Waals surface area (Å²) < 4.78 is 16.1. The van der Waals surface area contributed by atoms with Gasteiger partial charge in [-0.3, -0.25) is 11.3 Å². The molecule has 0 saturated heterocycles. The molecule has 5 heteroatoms. The molecule has 2 rings (SSSR count). The lowest BCUT2D eigenvalue weighted by Crippen LogP contribution is -2.29. The second kappa shape index (κ2) is 5.86. The van der Waals surface area contributed by atoms with Crippen LogP contribution in [0.2, 0.25) is 0 Å². The van der Waals surface area contributed by atoms with Gasteiger partial charge in [0.05, 0.1) is 0 Å². The monoisotopic (exact) mass is 238 g/mol. The Bertz CT molecular complexity index is 371. The highest BCUT2D eigenvalue weighted by Gasteiger charge is 2.15. The number of benzene rings is 1. The lowest BCUT2D eigenvalue weighted by atomic mass is 10.0. The van der Waals surface area contributed by atoms with Crippen molar-refractivity contribution in [3.8, 4) is 11.5 Å². The second-order valence-electron chi connectivity index (χ2n) is 3.90. The second-order valence-corrected chi connectivity index (χ2v) is 3.90. The number of hydrazine groups is 1. The molecule has 1 aliphatic rings. The normalized spacial score (nSPS) is 15.6. The van der Waals surface area contributed by atoms with E-state index in [-0.39, 0.29) is 6.04 Å². The van der Waals surface area contributed by atoms with E-state index in [9.17, 15) is 0 Å². The fraction of sp³-hybridized carbons (Fsp3) is 0.500. The van der Waals surface area contributed by atoms with Crippen molar-refractivity contribution in [1.82, 2.24) is 5.43 Å².